The molecule has 0 saturated heterocycles. The third-order valence-corrected chi connectivity index (χ3v) is 3.96. The van der Waals surface area contributed by atoms with E-state index in [1.54, 1.807) is 17.5 Å². The number of aromatic nitrogens is 1. The van der Waals surface area contributed by atoms with Gasteiger partial charge in [-0.25, -0.2) is 4.39 Å². The van der Waals surface area contributed by atoms with Gasteiger partial charge in [-0.15, -0.1) is 11.3 Å². The predicted octanol–water partition coefficient (Wildman–Crippen LogP) is 4.08. The molecule has 0 radical (unpaired) electrons. The van der Waals surface area contributed by atoms with Crippen molar-refractivity contribution in [3.05, 3.63) is 52.2 Å². The molecule has 1 N–H and O–H groups in total. The first-order valence-electron chi connectivity index (χ1n) is 6.10. The van der Waals surface area contributed by atoms with Crippen LogP contribution in [-0.4, -0.2) is 4.98 Å². The van der Waals surface area contributed by atoms with Gasteiger partial charge in [-0.2, -0.15) is 0 Å². The highest BCUT2D eigenvalue weighted by Crippen LogP contribution is 2.25. The van der Waals surface area contributed by atoms with Crippen molar-refractivity contribution < 1.29 is 4.39 Å². The van der Waals surface area contributed by atoms with E-state index in [2.05, 4.69) is 34.7 Å². The lowest BCUT2D eigenvalue weighted by Crippen LogP contribution is -2.23. The van der Waals surface area contributed by atoms with Crippen molar-refractivity contribution in [2.45, 2.75) is 32.4 Å². The first-order valence-corrected chi connectivity index (χ1v) is 6.98. The van der Waals surface area contributed by atoms with Gasteiger partial charge in [0.25, 0.3) is 0 Å². The maximum Gasteiger partial charge on any atom is 0.141 e. The summed E-state index contributed by atoms with van der Waals surface area (Å²) >= 11 is 1.74. The molecule has 0 fully saturated rings. The van der Waals surface area contributed by atoms with Gasteiger partial charge >= 0.3 is 0 Å². The average Bonchev–Trinajstić information content (AvgIpc) is 2.89. The number of pyridine rings is 1. The van der Waals surface area contributed by atoms with Crippen molar-refractivity contribution in [3.63, 3.8) is 0 Å². The summed E-state index contributed by atoms with van der Waals surface area (Å²) in [6.45, 7) is 4.18. The summed E-state index contributed by atoms with van der Waals surface area (Å²) in [5.74, 6) is -0.287. The zero-order chi connectivity index (χ0) is 13.0. The van der Waals surface area contributed by atoms with Crippen LogP contribution in [0.1, 0.15) is 42.8 Å². The maximum atomic E-state index is 13.1. The largest absolute Gasteiger partial charge is 0.303 e. The highest BCUT2D eigenvalue weighted by atomic mass is 32.1. The highest BCUT2D eigenvalue weighted by Gasteiger charge is 2.15. The Bertz CT molecular complexity index is 484. The molecule has 0 aliphatic heterocycles. The number of nitrogens with one attached hydrogen (secondary N) is 1. The fourth-order valence-electron chi connectivity index (χ4n) is 1.95. The summed E-state index contributed by atoms with van der Waals surface area (Å²) in [6.07, 6.45) is 3.95. The topological polar surface area (TPSA) is 24.9 Å². The SMILES string of the molecule is CCC(NC(C)c1cncc(F)c1)c1cccs1. The van der Waals surface area contributed by atoms with Crippen LogP contribution in [0.2, 0.25) is 0 Å². The van der Waals surface area contributed by atoms with E-state index in [1.807, 2.05) is 6.92 Å². The number of rotatable bonds is 5. The van der Waals surface area contributed by atoms with Gasteiger partial charge in [0.2, 0.25) is 0 Å². The van der Waals surface area contributed by atoms with Gasteiger partial charge in [-0.05, 0) is 36.4 Å². The van der Waals surface area contributed by atoms with Gasteiger partial charge < -0.3 is 5.32 Å². The maximum absolute atomic E-state index is 13.1. The van der Waals surface area contributed by atoms with Crippen LogP contribution in [0.25, 0.3) is 0 Å². The van der Waals surface area contributed by atoms with Crippen molar-refractivity contribution >= 4 is 11.3 Å². The van der Waals surface area contributed by atoms with Crippen molar-refractivity contribution in [3.8, 4) is 0 Å². The summed E-state index contributed by atoms with van der Waals surface area (Å²) in [5, 5.41) is 5.59. The summed E-state index contributed by atoms with van der Waals surface area (Å²) in [4.78, 5) is 5.20. The number of hydrogen-bond donors (Lipinski definition) is 1. The van der Waals surface area contributed by atoms with Crippen LogP contribution in [-0.2, 0) is 0 Å². The van der Waals surface area contributed by atoms with Gasteiger partial charge in [-0.1, -0.05) is 13.0 Å². The highest BCUT2D eigenvalue weighted by molar-refractivity contribution is 7.10. The average molecular weight is 264 g/mol. The minimum absolute atomic E-state index is 0.0836. The smallest absolute Gasteiger partial charge is 0.141 e. The first-order chi connectivity index (χ1) is 8.70. The molecule has 2 unspecified atom stereocenters. The van der Waals surface area contributed by atoms with E-state index in [4.69, 9.17) is 0 Å². The fraction of sp³-hybridized carbons (Fsp3) is 0.357. The lowest BCUT2D eigenvalue weighted by Gasteiger charge is -2.21. The molecule has 2 atom stereocenters. The van der Waals surface area contributed by atoms with E-state index in [1.165, 1.54) is 17.1 Å². The standard InChI is InChI=1S/C14H17FN2S/c1-3-13(14-5-4-6-18-14)17-10(2)11-7-12(15)9-16-8-11/h4-10,13,17H,3H2,1-2H3. The van der Waals surface area contributed by atoms with E-state index >= 15 is 0 Å². The van der Waals surface area contributed by atoms with Crippen LogP contribution in [0.4, 0.5) is 4.39 Å². The van der Waals surface area contributed by atoms with Gasteiger partial charge in [0.05, 0.1) is 6.20 Å². The fourth-order valence-corrected chi connectivity index (χ4v) is 2.82. The van der Waals surface area contributed by atoms with E-state index in [0.29, 0.717) is 6.04 Å². The summed E-state index contributed by atoms with van der Waals surface area (Å²) in [7, 11) is 0. The van der Waals surface area contributed by atoms with E-state index in [-0.39, 0.29) is 11.9 Å². The molecular weight excluding hydrogens is 247 g/mol. The third-order valence-electron chi connectivity index (χ3n) is 2.97. The molecule has 18 heavy (non-hydrogen) atoms. The third kappa shape index (κ3) is 3.15. The van der Waals surface area contributed by atoms with Gasteiger partial charge in [0.15, 0.2) is 0 Å². The number of thiophene rings is 1. The van der Waals surface area contributed by atoms with Crippen molar-refractivity contribution in [1.29, 1.82) is 0 Å². The summed E-state index contributed by atoms with van der Waals surface area (Å²) in [6, 6.07) is 6.11. The Morgan fingerprint density at radius 3 is 2.89 bits per heavy atom. The Balaban J connectivity index is 2.08. The summed E-state index contributed by atoms with van der Waals surface area (Å²) < 4.78 is 13.1. The van der Waals surface area contributed by atoms with Crippen LogP contribution in [0.3, 0.4) is 0 Å². The molecule has 0 amide bonds. The van der Waals surface area contributed by atoms with Crippen LogP contribution in [0.15, 0.2) is 36.0 Å². The molecule has 4 heteroatoms. The quantitative estimate of drug-likeness (QED) is 0.880. The molecule has 0 aliphatic carbocycles. The molecule has 0 aromatic carbocycles. The molecule has 2 nitrogen and oxygen atoms in total. The molecule has 2 rings (SSSR count). The Morgan fingerprint density at radius 2 is 2.28 bits per heavy atom. The van der Waals surface area contributed by atoms with Crippen molar-refractivity contribution in [1.82, 2.24) is 10.3 Å². The molecule has 0 bridgehead atoms. The number of hydrogen-bond acceptors (Lipinski definition) is 3. The minimum atomic E-state index is -0.287. The molecule has 2 aromatic rings. The van der Waals surface area contributed by atoms with Gasteiger partial charge in [0, 0.05) is 23.2 Å². The minimum Gasteiger partial charge on any atom is -0.303 e. The molecule has 96 valence electrons. The molecule has 0 aliphatic rings. The van der Waals surface area contributed by atoms with Crippen LogP contribution in [0.5, 0.6) is 0 Å². The lowest BCUT2D eigenvalue weighted by atomic mass is 10.1. The number of halogens is 1. The Kier molecular flexibility index (Phi) is 4.44. The second-order valence-electron chi connectivity index (χ2n) is 4.30. The van der Waals surface area contributed by atoms with Crippen molar-refractivity contribution in [2.24, 2.45) is 0 Å². The van der Waals surface area contributed by atoms with Crippen LogP contribution in [0, 0.1) is 5.82 Å². The van der Waals surface area contributed by atoms with E-state index in [0.717, 1.165) is 12.0 Å². The molecule has 0 spiro atoms. The molecular formula is C14H17FN2S. The van der Waals surface area contributed by atoms with E-state index in [9.17, 15) is 4.39 Å². The number of nitrogens with zero attached hydrogens (tertiary/aromatic N) is 1. The van der Waals surface area contributed by atoms with Crippen LogP contribution >= 0.6 is 11.3 Å². The molecule has 0 saturated carbocycles. The van der Waals surface area contributed by atoms with Crippen molar-refractivity contribution in [2.75, 3.05) is 0 Å². The predicted molar refractivity (Wildman–Crippen MR) is 73.1 cm³/mol. The van der Waals surface area contributed by atoms with Gasteiger partial charge in [-0.3, -0.25) is 4.98 Å². The summed E-state index contributed by atoms with van der Waals surface area (Å²) in [5.41, 5.74) is 0.880. The molecule has 2 heterocycles. The first kappa shape index (κ1) is 13.2. The Labute approximate surface area is 111 Å². The Morgan fingerprint density at radius 1 is 1.44 bits per heavy atom. The second-order valence-corrected chi connectivity index (χ2v) is 5.28. The second kappa shape index (κ2) is 6.07. The van der Waals surface area contributed by atoms with E-state index < -0.39 is 0 Å². The zero-order valence-electron chi connectivity index (χ0n) is 10.6. The van der Waals surface area contributed by atoms with Crippen LogP contribution < -0.4 is 5.32 Å². The molecule has 2 aromatic heterocycles. The zero-order valence-corrected chi connectivity index (χ0v) is 11.4. The Hall–Kier alpha value is -1.26. The normalized spacial score (nSPS) is 14.4. The lowest BCUT2D eigenvalue weighted by molar-refractivity contribution is 0.459. The van der Waals surface area contributed by atoms with Gasteiger partial charge in [0.1, 0.15) is 5.82 Å². The monoisotopic (exact) mass is 264 g/mol.